The Hall–Kier alpha value is -1.25. The van der Waals surface area contributed by atoms with Crippen LogP contribution in [-0.4, -0.2) is 17.6 Å². The molecule has 0 aromatic carbocycles. The molecule has 0 saturated heterocycles. The SMILES string of the molecule is CCOc1ncccc1NC1C(C)(C)[C@H]2CC[C@]1(C)C2. The second-order valence-electron chi connectivity index (χ2n) is 7.28. The molecule has 1 heterocycles. The summed E-state index contributed by atoms with van der Waals surface area (Å²) in [4.78, 5) is 4.36. The van der Waals surface area contributed by atoms with E-state index in [9.17, 15) is 0 Å². The van der Waals surface area contributed by atoms with Gasteiger partial charge >= 0.3 is 0 Å². The maximum absolute atomic E-state index is 5.65. The monoisotopic (exact) mass is 274 g/mol. The summed E-state index contributed by atoms with van der Waals surface area (Å²) in [6.45, 7) is 9.92. The number of fused-ring (bicyclic) bond motifs is 2. The molecule has 1 aromatic heterocycles. The van der Waals surface area contributed by atoms with E-state index < -0.39 is 0 Å². The smallest absolute Gasteiger partial charge is 0.237 e. The van der Waals surface area contributed by atoms with Gasteiger partial charge in [0.05, 0.1) is 12.3 Å². The molecule has 3 heteroatoms. The van der Waals surface area contributed by atoms with E-state index in [4.69, 9.17) is 4.74 Å². The summed E-state index contributed by atoms with van der Waals surface area (Å²) in [5, 5.41) is 3.77. The molecule has 3 nitrogen and oxygen atoms in total. The highest BCUT2D eigenvalue weighted by Crippen LogP contribution is 2.63. The van der Waals surface area contributed by atoms with Crippen molar-refractivity contribution in [3.63, 3.8) is 0 Å². The Morgan fingerprint density at radius 1 is 1.40 bits per heavy atom. The zero-order valence-electron chi connectivity index (χ0n) is 13.1. The first-order valence-electron chi connectivity index (χ1n) is 7.82. The highest BCUT2D eigenvalue weighted by molar-refractivity contribution is 5.54. The second-order valence-corrected chi connectivity index (χ2v) is 7.28. The van der Waals surface area contributed by atoms with Crippen LogP contribution in [0.5, 0.6) is 5.88 Å². The number of ether oxygens (including phenoxy) is 1. The third-order valence-corrected chi connectivity index (χ3v) is 5.62. The van der Waals surface area contributed by atoms with Gasteiger partial charge in [-0.05, 0) is 55.1 Å². The third-order valence-electron chi connectivity index (χ3n) is 5.62. The van der Waals surface area contributed by atoms with Crippen LogP contribution in [0.2, 0.25) is 0 Å². The van der Waals surface area contributed by atoms with E-state index in [1.54, 1.807) is 6.20 Å². The maximum atomic E-state index is 5.65. The Morgan fingerprint density at radius 3 is 2.85 bits per heavy atom. The van der Waals surface area contributed by atoms with Gasteiger partial charge in [-0.25, -0.2) is 4.98 Å². The van der Waals surface area contributed by atoms with Gasteiger partial charge in [0, 0.05) is 12.2 Å². The van der Waals surface area contributed by atoms with Crippen molar-refractivity contribution in [2.45, 2.75) is 53.0 Å². The summed E-state index contributed by atoms with van der Waals surface area (Å²) in [6, 6.07) is 4.56. The maximum Gasteiger partial charge on any atom is 0.237 e. The van der Waals surface area contributed by atoms with Crippen molar-refractivity contribution in [3.05, 3.63) is 18.3 Å². The van der Waals surface area contributed by atoms with Crippen LogP contribution < -0.4 is 10.1 Å². The van der Waals surface area contributed by atoms with Gasteiger partial charge in [0.1, 0.15) is 0 Å². The van der Waals surface area contributed by atoms with Crippen LogP contribution in [0.1, 0.15) is 47.0 Å². The van der Waals surface area contributed by atoms with Gasteiger partial charge < -0.3 is 10.1 Å². The first-order valence-corrected chi connectivity index (χ1v) is 7.82. The lowest BCUT2D eigenvalue weighted by molar-refractivity contribution is 0.155. The van der Waals surface area contributed by atoms with Gasteiger partial charge in [-0.2, -0.15) is 0 Å². The molecule has 0 radical (unpaired) electrons. The van der Waals surface area contributed by atoms with Crippen molar-refractivity contribution in [1.29, 1.82) is 0 Å². The van der Waals surface area contributed by atoms with E-state index in [1.807, 2.05) is 13.0 Å². The lowest BCUT2D eigenvalue weighted by atomic mass is 9.68. The Kier molecular flexibility index (Phi) is 3.19. The minimum atomic E-state index is 0.340. The Labute approximate surface area is 122 Å². The molecule has 20 heavy (non-hydrogen) atoms. The number of anilines is 1. The van der Waals surface area contributed by atoms with Crippen molar-refractivity contribution in [3.8, 4) is 5.88 Å². The normalized spacial score (nSPS) is 34.2. The summed E-state index contributed by atoms with van der Waals surface area (Å²) in [7, 11) is 0. The van der Waals surface area contributed by atoms with Gasteiger partial charge in [0.15, 0.2) is 0 Å². The summed E-state index contributed by atoms with van der Waals surface area (Å²) in [6.07, 6.45) is 5.86. The van der Waals surface area contributed by atoms with Crippen LogP contribution in [0.15, 0.2) is 18.3 Å². The van der Waals surface area contributed by atoms with Crippen molar-refractivity contribution in [2.75, 3.05) is 11.9 Å². The van der Waals surface area contributed by atoms with Gasteiger partial charge in [-0.15, -0.1) is 0 Å². The van der Waals surface area contributed by atoms with Crippen LogP contribution >= 0.6 is 0 Å². The molecule has 1 N–H and O–H groups in total. The van der Waals surface area contributed by atoms with E-state index >= 15 is 0 Å². The molecule has 1 unspecified atom stereocenters. The summed E-state index contributed by atoms with van der Waals surface area (Å²) < 4.78 is 5.65. The number of aromatic nitrogens is 1. The molecule has 0 amide bonds. The Morgan fingerprint density at radius 2 is 2.20 bits per heavy atom. The Bertz CT molecular complexity index is 495. The minimum absolute atomic E-state index is 0.340. The van der Waals surface area contributed by atoms with Crippen molar-refractivity contribution in [1.82, 2.24) is 4.98 Å². The number of pyridine rings is 1. The molecule has 2 bridgehead atoms. The minimum Gasteiger partial charge on any atom is -0.476 e. The molecule has 1 aromatic rings. The molecule has 0 aliphatic heterocycles. The number of nitrogens with zero attached hydrogens (tertiary/aromatic N) is 1. The van der Waals surface area contributed by atoms with Crippen molar-refractivity contribution in [2.24, 2.45) is 16.7 Å². The standard InChI is InChI=1S/C17H26N2O/c1-5-20-14-13(7-6-10-18-14)19-15-16(2,3)12-8-9-17(15,4)11-12/h6-7,10,12,15,19H,5,8-9,11H2,1-4H3/t12-,15?,17+/m0/s1. The molecule has 2 saturated carbocycles. The van der Waals surface area contributed by atoms with Crippen LogP contribution in [0.4, 0.5) is 5.69 Å². The average molecular weight is 274 g/mol. The topological polar surface area (TPSA) is 34.1 Å². The van der Waals surface area contributed by atoms with Crippen LogP contribution in [0.3, 0.4) is 0 Å². The highest BCUT2D eigenvalue weighted by Gasteiger charge is 2.59. The first-order chi connectivity index (χ1) is 9.47. The Balaban J connectivity index is 1.88. The van der Waals surface area contributed by atoms with Crippen molar-refractivity contribution < 1.29 is 4.74 Å². The lowest BCUT2D eigenvalue weighted by Gasteiger charge is -2.43. The number of nitrogens with one attached hydrogen (secondary N) is 1. The molecule has 2 aliphatic rings. The van der Waals surface area contributed by atoms with Gasteiger partial charge in [0.2, 0.25) is 5.88 Å². The van der Waals surface area contributed by atoms with E-state index in [0.717, 1.165) is 17.5 Å². The van der Waals surface area contributed by atoms with Crippen LogP contribution in [0, 0.1) is 16.7 Å². The van der Waals surface area contributed by atoms with E-state index in [0.29, 0.717) is 23.5 Å². The lowest BCUT2D eigenvalue weighted by Crippen LogP contribution is -2.45. The van der Waals surface area contributed by atoms with E-state index in [2.05, 4.69) is 37.1 Å². The van der Waals surface area contributed by atoms with E-state index in [1.165, 1.54) is 19.3 Å². The largest absolute Gasteiger partial charge is 0.476 e. The molecule has 3 rings (SSSR count). The number of hydrogen-bond donors (Lipinski definition) is 1. The first kappa shape index (κ1) is 13.7. The molecule has 0 spiro atoms. The number of hydrogen-bond acceptors (Lipinski definition) is 3. The summed E-state index contributed by atoms with van der Waals surface area (Å²) in [5.74, 6) is 1.58. The summed E-state index contributed by atoms with van der Waals surface area (Å²) >= 11 is 0. The van der Waals surface area contributed by atoms with Gasteiger partial charge in [-0.1, -0.05) is 20.8 Å². The molecular formula is C17H26N2O. The van der Waals surface area contributed by atoms with Gasteiger partial charge in [0.25, 0.3) is 0 Å². The molecule has 2 fully saturated rings. The fourth-order valence-corrected chi connectivity index (χ4v) is 4.57. The third kappa shape index (κ3) is 1.99. The molecular weight excluding hydrogens is 248 g/mol. The van der Waals surface area contributed by atoms with Crippen molar-refractivity contribution >= 4 is 5.69 Å². The predicted octanol–water partition coefficient (Wildman–Crippen LogP) is 4.11. The van der Waals surface area contributed by atoms with Crippen LogP contribution in [0.25, 0.3) is 0 Å². The second kappa shape index (κ2) is 4.64. The molecule has 110 valence electrons. The quantitative estimate of drug-likeness (QED) is 0.897. The number of rotatable bonds is 4. The summed E-state index contributed by atoms with van der Waals surface area (Å²) in [5.41, 5.74) is 1.79. The highest BCUT2D eigenvalue weighted by atomic mass is 16.5. The fraction of sp³-hybridized carbons (Fsp3) is 0.706. The molecule has 3 atom stereocenters. The van der Waals surface area contributed by atoms with Gasteiger partial charge in [-0.3, -0.25) is 0 Å². The zero-order chi connectivity index (χ0) is 14.4. The fourth-order valence-electron chi connectivity index (χ4n) is 4.57. The molecule has 2 aliphatic carbocycles. The average Bonchev–Trinajstić information content (AvgIpc) is 2.88. The van der Waals surface area contributed by atoms with Crippen LogP contribution in [-0.2, 0) is 0 Å². The van der Waals surface area contributed by atoms with E-state index in [-0.39, 0.29) is 0 Å². The zero-order valence-corrected chi connectivity index (χ0v) is 13.1. The predicted molar refractivity (Wildman–Crippen MR) is 82.0 cm³/mol.